The van der Waals surface area contributed by atoms with Crippen molar-refractivity contribution in [2.45, 2.75) is 57.2 Å². The van der Waals surface area contributed by atoms with E-state index in [1.807, 2.05) is 24.4 Å². The Balaban J connectivity index is 1.52. The van der Waals surface area contributed by atoms with Gasteiger partial charge in [-0.25, -0.2) is 9.67 Å². The highest BCUT2D eigenvalue weighted by molar-refractivity contribution is 6.05. The summed E-state index contributed by atoms with van der Waals surface area (Å²) in [6, 6.07) is 2.95. The van der Waals surface area contributed by atoms with E-state index in [0.717, 1.165) is 29.6 Å². The van der Waals surface area contributed by atoms with Crippen molar-refractivity contribution in [2.75, 3.05) is 11.9 Å². The highest BCUT2D eigenvalue weighted by Gasteiger charge is 2.55. The number of nitrogens with one attached hydrogen (secondary N) is 1. The van der Waals surface area contributed by atoms with Crippen molar-refractivity contribution in [3.63, 3.8) is 0 Å². The van der Waals surface area contributed by atoms with E-state index in [0.29, 0.717) is 23.6 Å². The minimum Gasteiger partial charge on any atom is -0.490 e. The van der Waals surface area contributed by atoms with Crippen LogP contribution in [0.1, 0.15) is 56.1 Å². The second-order valence-corrected chi connectivity index (χ2v) is 9.24. The van der Waals surface area contributed by atoms with Crippen LogP contribution >= 0.6 is 0 Å². The topological polar surface area (TPSA) is 82.7 Å². The monoisotopic (exact) mass is 427 g/mol. The van der Waals surface area contributed by atoms with E-state index in [-0.39, 0.29) is 22.9 Å². The molecule has 3 aromatic heterocycles. The van der Waals surface area contributed by atoms with Gasteiger partial charge in [0.1, 0.15) is 11.4 Å². The van der Waals surface area contributed by atoms with Crippen LogP contribution in [0.15, 0.2) is 24.5 Å². The number of rotatable bonds is 5. The molecule has 8 nitrogen and oxygen atoms in total. The Labute approximate surface area is 179 Å². The molecule has 1 aliphatic heterocycles. The van der Waals surface area contributed by atoms with Crippen molar-refractivity contribution in [1.82, 2.24) is 19.2 Å². The van der Waals surface area contributed by atoms with Crippen LogP contribution in [-0.4, -0.2) is 43.4 Å². The minimum absolute atomic E-state index is 0.0648. The molecule has 0 aromatic carbocycles. The Kier molecular flexibility index (Phi) is 4.37. The number of aryl methyl sites for hydroxylation is 1. The van der Waals surface area contributed by atoms with Gasteiger partial charge >= 0.3 is 0 Å². The minimum atomic E-state index is -0.537. The third-order valence-corrected chi connectivity index (χ3v) is 6.31. The molecule has 31 heavy (non-hydrogen) atoms. The number of halogens is 1. The predicted octanol–water partition coefficient (Wildman–Crippen LogP) is 3.46. The molecule has 1 N–H and O–H groups in total. The SMILES string of the molecule is CC(C)Oc1cc2nc(C34CCC(C)(C3)OC4)cn2cc1C(=O)Nc1cc(F)n(C)n1. The molecule has 2 unspecified atom stereocenters. The first-order valence-electron chi connectivity index (χ1n) is 10.5. The van der Waals surface area contributed by atoms with Crippen molar-refractivity contribution >= 4 is 17.4 Å². The quantitative estimate of drug-likeness (QED) is 0.674. The first-order valence-corrected chi connectivity index (χ1v) is 10.5. The molecule has 4 heterocycles. The zero-order valence-electron chi connectivity index (χ0n) is 18.1. The lowest BCUT2D eigenvalue weighted by Gasteiger charge is -2.24. The smallest absolute Gasteiger partial charge is 0.262 e. The van der Waals surface area contributed by atoms with Crippen LogP contribution in [0, 0.1) is 5.95 Å². The van der Waals surface area contributed by atoms with E-state index in [1.54, 1.807) is 12.3 Å². The summed E-state index contributed by atoms with van der Waals surface area (Å²) in [4.78, 5) is 17.9. The number of nitrogens with zero attached hydrogens (tertiary/aromatic N) is 4. The van der Waals surface area contributed by atoms with Crippen LogP contribution in [-0.2, 0) is 17.2 Å². The number of hydrogen-bond acceptors (Lipinski definition) is 5. The van der Waals surface area contributed by atoms with Gasteiger partial charge in [-0.15, -0.1) is 0 Å². The molecule has 1 saturated heterocycles. The summed E-state index contributed by atoms with van der Waals surface area (Å²) in [5.41, 5.74) is 1.88. The van der Waals surface area contributed by atoms with E-state index in [1.165, 1.54) is 13.1 Å². The zero-order valence-corrected chi connectivity index (χ0v) is 18.1. The number of aromatic nitrogens is 4. The maximum Gasteiger partial charge on any atom is 0.262 e. The number of fused-ring (bicyclic) bond motifs is 3. The van der Waals surface area contributed by atoms with Gasteiger partial charge in [-0.05, 0) is 40.0 Å². The molecule has 1 amide bonds. The third kappa shape index (κ3) is 3.37. The van der Waals surface area contributed by atoms with Gasteiger partial charge in [0.2, 0.25) is 5.95 Å². The van der Waals surface area contributed by atoms with Crippen LogP contribution in [0.25, 0.3) is 5.65 Å². The predicted molar refractivity (Wildman–Crippen MR) is 112 cm³/mol. The van der Waals surface area contributed by atoms with Crippen molar-refractivity contribution in [1.29, 1.82) is 0 Å². The van der Waals surface area contributed by atoms with Crippen LogP contribution in [0.2, 0.25) is 0 Å². The first-order chi connectivity index (χ1) is 14.7. The second-order valence-electron chi connectivity index (χ2n) is 9.24. The third-order valence-electron chi connectivity index (χ3n) is 6.31. The lowest BCUT2D eigenvalue weighted by molar-refractivity contribution is -0.00627. The van der Waals surface area contributed by atoms with Crippen LogP contribution < -0.4 is 10.1 Å². The van der Waals surface area contributed by atoms with E-state index in [2.05, 4.69) is 17.3 Å². The van der Waals surface area contributed by atoms with Crippen molar-refractivity contribution in [2.24, 2.45) is 7.05 Å². The Hall–Kier alpha value is -2.94. The molecule has 0 radical (unpaired) electrons. The Morgan fingerprint density at radius 3 is 2.71 bits per heavy atom. The van der Waals surface area contributed by atoms with Gasteiger partial charge in [0.05, 0.1) is 29.6 Å². The number of hydrogen-bond donors (Lipinski definition) is 1. The lowest BCUT2D eigenvalue weighted by Crippen LogP contribution is -2.26. The second kappa shape index (κ2) is 6.78. The van der Waals surface area contributed by atoms with Crippen LogP contribution in [0.4, 0.5) is 10.2 Å². The molecular formula is C22H26FN5O3. The molecule has 0 spiro atoms. The van der Waals surface area contributed by atoms with Crippen molar-refractivity contribution < 1.29 is 18.7 Å². The fourth-order valence-corrected chi connectivity index (χ4v) is 4.73. The molecule has 2 aliphatic rings. The fourth-order valence-electron chi connectivity index (χ4n) is 4.73. The molecule has 2 atom stereocenters. The van der Waals surface area contributed by atoms with Crippen molar-refractivity contribution in [3.05, 3.63) is 41.7 Å². The average Bonchev–Trinajstić information content (AvgIpc) is 3.42. The average molecular weight is 427 g/mol. The summed E-state index contributed by atoms with van der Waals surface area (Å²) < 4.78 is 28.5. The number of carbonyl (C=O) groups is 1. The number of ether oxygens (including phenoxy) is 2. The zero-order chi connectivity index (χ0) is 22.0. The number of imidazole rings is 1. The van der Waals surface area contributed by atoms with Crippen LogP contribution in [0.3, 0.4) is 0 Å². The van der Waals surface area contributed by atoms with Gasteiger partial charge in [0.15, 0.2) is 5.82 Å². The Morgan fingerprint density at radius 1 is 1.32 bits per heavy atom. The van der Waals surface area contributed by atoms with Gasteiger partial charge in [0, 0.05) is 37.0 Å². The van der Waals surface area contributed by atoms with E-state index in [9.17, 15) is 9.18 Å². The van der Waals surface area contributed by atoms with Crippen LogP contribution in [0.5, 0.6) is 5.75 Å². The molecule has 5 rings (SSSR count). The number of carbonyl (C=O) groups excluding carboxylic acids is 1. The summed E-state index contributed by atoms with van der Waals surface area (Å²) >= 11 is 0. The maximum atomic E-state index is 13.6. The molecule has 2 bridgehead atoms. The first kappa shape index (κ1) is 20.0. The van der Waals surface area contributed by atoms with E-state index in [4.69, 9.17) is 14.5 Å². The largest absolute Gasteiger partial charge is 0.490 e. The fraction of sp³-hybridized carbons (Fsp3) is 0.500. The molecule has 1 aliphatic carbocycles. The van der Waals surface area contributed by atoms with Gasteiger partial charge in [-0.3, -0.25) is 4.79 Å². The molecule has 3 aromatic rings. The van der Waals surface area contributed by atoms with Gasteiger partial charge in [-0.1, -0.05) is 0 Å². The van der Waals surface area contributed by atoms with Gasteiger partial charge in [-0.2, -0.15) is 9.49 Å². The standard InChI is InChI=1S/C22H26FN5O3/c1-13(2)31-15-7-19-24-16(22-6-5-21(3,11-22)30-12-22)10-28(19)9-14(15)20(29)25-18-8-17(23)27(4)26-18/h7-10,13H,5-6,11-12H2,1-4H3,(H,25,26,29). The summed E-state index contributed by atoms with van der Waals surface area (Å²) in [5.74, 6) is -0.406. The highest BCUT2D eigenvalue weighted by atomic mass is 19.1. The maximum absolute atomic E-state index is 13.6. The summed E-state index contributed by atoms with van der Waals surface area (Å²) in [7, 11) is 1.47. The van der Waals surface area contributed by atoms with E-state index >= 15 is 0 Å². The van der Waals surface area contributed by atoms with Gasteiger partial charge in [0.25, 0.3) is 5.91 Å². The molecule has 9 heteroatoms. The summed E-state index contributed by atoms with van der Waals surface area (Å²) in [6.45, 7) is 6.62. The summed E-state index contributed by atoms with van der Waals surface area (Å²) in [6.07, 6.45) is 6.58. The Bertz CT molecular complexity index is 1150. The molecule has 164 valence electrons. The Morgan fingerprint density at radius 2 is 2.13 bits per heavy atom. The highest BCUT2D eigenvalue weighted by Crippen LogP contribution is 2.53. The number of anilines is 1. The normalized spacial score (nSPS) is 25.0. The number of pyridine rings is 1. The molecular weight excluding hydrogens is 401 g/mol. The van der Waals surface area contributed by atoms with E-state index < -0.39 is 11.9 Å². The molecule has 2 fully saturated rings. The van der Waals surface area contributed by atoms with Crippen molar-refractivity contribution in [3.8, 4) is 5.75 Å². The lowest BCUT2D eigenvalue weighted by atomic mass is 9.84. The number of amides is 1. The van der Waals surface area contributed by atoms with Gasteiger partial charge < -0.3 is 19.2 Å². The molecule has 1 saturated carbocycles. The summed E-state index contributed by atoms with van der Waals surface area (Å²) in [5, 5.41) is 6.60.